The minimum atomic E-state index is -0.414. The van der Waals surface area contributed by atoms with E-state index in [1.165, 1.54) is 0 Å². The molecule has 1 N–H and O–H groups in total. The molecule has 0 aliphatic heterocycles. The Morgan fingerprint density at radius 2 is 2.11 bits per heavy atom. The molecule has 2 aromatic rings. The van der Waals surface area contributed by atoms with Gasteiger partial charge in [-0.15, -0.1) is 12.4 Å². The van der Waals surface area contributed by atoms with Gasteiger partial charge in [-0.2, -0.15) is 10.2 Å². The Balaban J connectivity index is 0.00000180. The van der Waals surface area contributed by atoms with Gasteiger partial charge in [0.05, 0.1) is 25.0 Å². The molecule has 2 rings (SSSR count). The first-order valence-corrected chi connectivity index (χ1v) is 6.09. The zero-order valence-electron chi connectivity index (χ0n) is 11.1. The highest BCUT2D eigenvalue weighted by Crippen LogP contribution is 2.15. The van der Waals surface area contributed by atoms with Crippen LogP contribution < -0.4 is 5.32 Å². The number of aryl methyl sites for hydroxylation is 3. The normalized spacial score (nSPS) is 10.3. The van der Waals surface area contributed by atoms with Crippen molar-refractivity contribution in [1.29, 1.82) is 0 Å². The molecule has 0 aromatic carbocycles. The maximum Gasteiger partial charge on any atom is 0.127 e. The van der Waals surface area contributed by atoms with Gasteiger partial charge in [-0.25, -0.2) is 9.07 Å². The van der Waals surface area contributed by atoms with Gasteiger partial charge in [0.25, 0.3) is 0 Å². The van der Waals surface area contributed by atoms with Gasteiger partial charge in [-0.3, -0.25) is 4.68 Å². The Morgan fingerprint density at radius 3 is 2.79 bits per heavy atom. The molecule has 2 heterocycles. The lowest BCUT2D eigenvalue weighted by Gasteiger charge is -2.10. The standard InChI is InChI=1S/C12H18FN5.ClH/c1-3-17-11(4-6-15-17)9-14-12-10(2)8-16-18(12)7-5-13;/h4,6,8,14H,3,5,7,9H2,1-2H3;1H. The van der Waals surface area contributed by atoms with Gasteiger partial charge < -0.3 is 5.32 Å². The van der Waals surface area contributed by atoms with E-state index >= 15 is 0 Å². The summed E-state index contributed by atoms with van der Waals surface area (Å²) >= 11 is 0. The van der Waals surface area contributed by atoms with Gasteiger partial charge in [0.1, 0.15) is 12.5 Å². The number of nitrogens with one attached hydrogen (secondary N) is 1. The van der Waals surface area contributed by atoms with Crippen LogP contribution in [0.3, 0.4) is 0 Å². The molecule has 0 saturated carbocycles. The summed E-state index contributed by atoms with van der Waals surface area (Å²) in [5, 5.41) is 11.6. The number of nitrogens with zero attached hydrogens (tertiary/aromatic N) is 4. The average molecular weight is 288 g/mol. The minimum Gasteiger partial charge on any atom is -0.364 e. The number of hydrogen-bond acceptors (Lipinski definition) is 3. The summed E-state index contributed by atoms with van der Waals surface area (Å²) in [6, 6.07) is 1.97. The van der Waals surface area contributed by atoms with Crippen molar-refractivity contribution in [3.8, 4) is 0 Å². The van der Waals surface area contributed by atoms with Crippen LogP contribution in [0.4, 0.5) is 10.2 Å². The maximum atomic E-state index is 12.4. The third-order valence-electron chi connectivity index (χ3n) is 2.86. The van der Waals surface area contributed by atoms with Crippen molar-refractivity contribution in [1.82, 2.24) is 19.6 Å². The molecule has 7 heteroatoms. The second-order valence-corrected chi connectivity index (χ2v) is 4.08. The molecule has 0 aliphatic rings. The molecule has 0 saturated heterocycles. The lowest BCUT2D eigenvalue weighted by Crippen LogP contribution is -2.12. The van der Waals surface area contributed by atoms with E-state index in [0.717, 1.165) is 23.6 Å². The summed E-state index contributed by atoms with van der Waals surface area (Å²) in [6.45, 7) is 5.38. The quantitative estimate of drug-likeness (QED) is 0.887. The Morgan fingerprint density at radius 1 is 1.32 bits per heavy atom. The predicted molar refractivity (Wildman–Crippen MR) is 75.4 cm³/mol. The molecule has 0 radical (unpaired) electrons. The fourth-order valence-electron chi connectivity index (χ4n) is 1.93. The second-order valence-electron chi connectivity index (χ2n) is 4.08. The van der Waals surface area contributed by atoms with Crippen molar-refractivity contribution in [2.24, 2.45) is 0 Å². The van der Waals surface area contributed by atoms with Crippen LogP contribution in [0, 0.1) is 6.92 Å². The molecule has 5 nitrogen and oxygen atoms in total. The van der Waals surface area contributed by atoms with Crippen molar-refractivity contribution in [2.45, 2.75) is 33.5 Å². The summed E-state index contributed by atoms with van der Waals surface area (Å²) in [4.78, 5) is 0. The lowest BCUT2D eigenvalue weighted by atomic mass is 10.3. The third kappa shape index (κ3) is 3.47. The summed E-state index contributed by atoms with van der Waals surface area (Å²) in [5.41, 5.74) is 2.12. The van der Waals surface area contributed by atoms with E-state index in [1.807, 2.05) is 17.7 Å². The predicted octanol–water partition coefficient (Wildman–Crippen LogP) is 2.41. The monoisotopic (exact) mass is 287 g/mol. The van der Waals surface area contributed by atoms with Crippen molar-refractivity contribution in [2.75, 3.05) is 12.0 Å². The fraction of sp³-hybridized carbons (Fsp3) is 0.500. The van der Waals surface area contributed by atoms with E-state index in [0.29, 0.717) is 6.54 Å². The van der Waals surface area contributed by atoms with Crippen LogP contribution in [-0.4, -0.2) is 26.2 Å². The Hall–Kier alpha value is -1.56. The lowest BCUT2D eigenvalue weighted by molar-refractivity contribution is 0.429. The molecule has 0 unspecified atom stereocenters. The van der Waals surface area contributed by atoms with Crippen molar-refractivity contribution < 1.29 is 4.39 Å². The molecule has 106 valence electrons. The highest BCUT2D eigenvalue weighted by atomic mass is 35.5. The number of aromatic nitrogens is 4. The first-order chi connectivity index (χ1) is 8.76. The molecule has 0 spiro atoms. The third-order valence-corrected chi connectivity index (χ3v) is 2.86. The molecule has 0 aliphatic carbocycles. The smallest absolute Gasteiger partial charge is 0.127 e. The molecular formula is C12H19ClFN5. The summed E-state index contributed by atoms with van der Waals surface area (Å²) in [7, 11) is 0. The van der Waals surface area contributed by atoms with Crippen LogP contribution in [0.5, 0.6) is 0 Å². The van der Waals surface area contributed by atoms with Crippen molar-refractivity contribution in [3.05, 3.63) is 29.7 Å². The van der Waals surface area contributed by atoms with E-state index in [1.54, 1.807) is 17.1 Å². The van der Waals surface area contributed by atoms with Crippen LogP contribution in [0.15, 0.2) is 18.5 Å². The van der Waals surface area contributed by atoms with E-state index in [4.69, 9.17) is 0 Å². The number of rotatable bonds is 6. The molecule has 0 bridgehead atoms. The first kappa shape index (κ1) is 15.5. The zero-order chi connectivity index (χ0) is 13.0. The minimum absolute atomic E-state index is 0. The van der Waals surface area contributed by atoms with Gasteiger partial charge in [-0.05, 0) is 19.9 Å². The highest BCUT2D eigenvalue weighted by Gasteiger charge is 2.08. The highest BCUT2D eigenvalue weighted by molar-refractivity contribution is 5.85. The molecular weight excluding hydrogens is 269 g/mol. The molecule has 0 atom stereocenters. The molecule has 0 fully saturated rings. The number of anilines is 1. The van der Waals surface area contributed by atoms with Crippen LogP contribution in [0.1, 0.15) is 18.2 Å². The topological polar surface area (TPSA) is 47.7 Å². The first-order valence-electron chi connectivity index (χ1n) is 6.09. The Kier molecular flexibility index (Phi) is 5.82. The van der Waals surface area contributed by atoms with Gasteiger partial charge in [0.15, 0.2) is 0 Å². The van der Waals surface area contributed by atoms with E-state index < -0.39 is 6.67 Å². The molecule has 19 heavy (non-hydrogen) atoms. The van der Waals surface area contributed by atoms with Crippen LogP contribution in [-0.2, 0) is 19.6 Å². The summed E-state index contributed by atoms with van der Waals surface area (Å²) in [5.74, 6) is 0.872. The summed E-state index contributed by atoms with van der Waals surface area (Å²) < 4.78 is 16.0. The van der Waals surface area contributed by atoms with Crippen molar-refractivity contribution in [3.63, 3.8) is 0 Å². The van der Waals surface area contributed by atoms with Crippen LogP contribution in [0.2, 0.25) is 0 Å². The maximum absolute atomic E-state index is 12.4. The van der Waals surface area contributed by atoms with Crippen LogP contribution >= 0.6 is 12.4 Å². The van der Waals surface area contributed by atoms with Gasteiger partial charge in [0, 0.05) is 18.3 Å². The van der Waals surface area contributed by atoms with Gasteiger partial charge in [-0.1, -0.05) is 0 Å². The van der Waals surface area contributed by atoms with E-state index in [9.17, 15) is 4.39 Å². The Labute approximate surface area is 118 Å². The SMILES string of the molecule is CCn1nccc1CNc1c(C)cnn1CCF.Cl. The van der Waals surface area contributed by atoms with E-state index in [2.05, 4.69) is 22.4 Å². The zero-order valence-corrected chi connectivity index (χ0v) is 12.0. The van der Waals surface area contributed by atoms with Crippen LogP contribution in [0.25, 0.3) is 0 Å². The van der Waals surface area contributed by atoms with Gasteiger partial charge >= 0.3 is 0 Å². The molecule has 2 aromatic heterocycles. The average Bonchev–Trinajstić information content (AvgIpc) is 2.95. The Bertz CT molecular complexity index is 508. The molecule has 0 amide bonds. The summed E-state index contributed by atoms with van der Waals surface area (Å²) in [6.07, 6.45) is 3.53. The number of halogens is 2. The fourth-order valence-corrected chi connectivity index (χ4v) is 1.93. The number of hydrogen-bond donors (Lipinski definition) is 1. The van der Waals surface area contributed by atoms with Crippen molar-refractivity contribution >= 4 is 18.2 Å². The number of alkyl halides is 1. The second kappa shape index (κ2) is 7.13. The van der Waals surface area contributed by atoms with Gasteiger partial charge in [0.2, 0.25) is 0 Å². The largest absolute Gasteiger partial charge is 0.364 e. The van der Waals surface area contributed by atoms with E-state index in [-0.39, 0.29) is 19.0 Å².